The molecular formula is C16H18N4O2. The number of fused-ring (bicyclic) bond motifs is 3. The van der Waals surface area contributed by atoms with E-state index in [1.165, 1.54) is 0 Å². The molecule has 0 radical (unpaired) electrons. The van der Waals surface area contributed by atoms with Crippen molar-refractivity contribution in [2.24, 2.45) is 0 Å². The van der Waals surface area contributed by atoms with E-state index in [1.807, 2.05) is 28.8 Å². The number of nitrogens with one attached hydrogen (secondary N) is 2. The van der Waals surface area contributed by atoms with Crippen LogP contribution in [0.1, 0.15) is 38.1 Å². The van der Waals surface area contributed by atoms with Crippen molar-refractivity contribution in [3.05, 3.63) is 24.3 Å². The average Bonchev–Trinajstić information content (AvgIpc) is 3.12. The number of nitrogens with zero attached hydrogens (tertiary/aromatic N) is 2. The highest BCUT2D eigenvalue weighted by Gasteiger charge is 2.33. The third-order valence-corrected chi connectivity index (χ3v) is 4.54. The predicted molar refractivity (Wildman–Crippen MR) is 82.4 cm³/mol. The zero-order valence-corrected chi connectivity index (χ0v) is 12.2. The number of hydrogen-bond acceptors (Lipinski definition) is 3. The lowest BCUT2D eigenvalue weighted by atomic mass is 10.1. The maximum Gasteiger partial charge on any atom is 0.243 e. The van der Waals surface area contributed by atoms with Crippen LogP contribution in [0, 0.1) is 0 Å². The molecule has 2 aromatic rings. The van der Waals surface area contributed by atoms with Crippen molar-refractivity contribution < 1.29 is 9.59 Å². The summed E-state index contributed by atoms with van der Waals surface area (Å²) in [6.45, 7) is 0. The zero-order chi connectivity index (χ0) is 15.1. The standard InChI is InChI=1S/C16H18N4O2/c21-14-9-13(15(22)17-10-5-1-2-6-10)20-12-8-4-3-7-11(12)18-16(20)19-14/h3-4,7-8,10,13H,1-2,5-6,9H2,(H,17,22)(H,18,19,21). The Morgan fingerprint density at radius 1 is 1.27 bits per heavy atom. The molecule has 4 rings (SSSR count). The Hall–Kier alpha value is -2.37. The summed E-state index contributed by atoms with van der Waals surface area (Å²) >= 11 is 0. The third-order valence-electron chi connectivity index (χ3n) is 4.54. The number of imidazole rings is 1. The van der Waals surface area contributed by atoms with Gasteiger partial charge < -0.3 is 5.32 Å². The molecule has 6 nitrogen and oxygen atoms in total. The third kappa shape index (κ3) is 2.15. The van der Waals surface area contributed by atoms with E-state index >= 15 is 0 Å². The highest BCUT2D eigenvalue weighted by molar-refractivity contribution is 5.99. The van der Waals surface area contributed by atoms with Crippen molar-refractivity contribution >= 4 is 28.8 Å². The molecule has 0 bridgehead atoms. The van der Waals surface area contributed by atoms with Gasteiger partial charge in [0.15, 0.2) is 0 Å². The molecule has 22 heavy (non-hydrogen) atoms. The molecular weight excluding hydrogens is 280 g/mol. The van der Waals surface area contributed by atoms with Gasteiger partial charge in [-0.3, -0.25) is 19.5 Å². The lowest BCUT2D eigenvalue weighted by molar-refractivity contribution is -0.128. The van der Waals surface area contributed by atoms with E-state index in [0.29, 0.717) is 5.95 Å². The van der Waals surface area contributed by atoms with Crippen LogP contribution in [0.3, 0.4) is 0 Å². The van der Waals surface area contributed by atoms with E-state index in [-0.39, 0.29) is 24.3 Å². The molecule has 1 unspecified atom stereocenters. The van der Waals surface area contributed by atoms with E-state index in [0.717, 1.165) is 36.7 Å². The smallest absolute Gasteiger partial charge is 0.243 e. The van der Waals surface area contributed by atoms with Crippen molar-refractivity contribution in [1.29, 1.82) is 0 Å². The Labute approximate surface area is 127 Å². The molecule has 114 valence electrons. The number of aromatic nitrogens is 2. The summed E-state index contributed by atoms with van der Waals surface area (Å²) in [4.78, 5) is 29.0. The van der Waals surface area contributed by atoms with E-state index in [4.69, 9.17) is 0 Å². The maximum atomic E-state index is 12.7. The van der Waals surface area contributed by atoms with Gasteiger partial charge in [-0.25, -0.2) is 4.98 Å². The summed E-state index contributed by atoms with van der Waals surface area (Å²) < 4.78 is 1.85. The van der Waals surface area contributed by atoms with Crippen LogP contribution < -0.4 is 10.6 Å². The summed E-state index contributed by atoms with van der Waals surface area (Å²) in [7, 11) is 0. The molecule has 6 heteroatoms. The number of amides is 2. The summed E-state index contributed by atoms with van der Waals surface area (Å²) in [5.41, 5.74) is 1.67. The normalized spacial score (nSPS) is 21.6. The van der Waals surface area contributed by atoms with Gasteiger partial charge in [0.05, 0.1) is 17.5 Å². The van der Waals surface area contributed by atoms with Gasteiger partial charge in [-0.1, -0.05) is 25.0 Å². The van der Waals surface area contributed by atoms with Crippen LogP contribution in [0.5, 0.6) is 0 Å². The number of para-hydroxylation sites is 2. The quantitative estimate of drug-likeness (QED) is 0.890. The molecule has 2 amide bonds. The fourth-order valence-corrected chi connectivity index (χ4v) is 3.47. The van der Waals surface area contributed by atoms with Gasteiger partial charge in [0, 0.05) is 6.04 Å². The fourth-order valence-electron chi connectivity index (χ4n) is 3.47. The number of benzene rings is 1. The van der Waals surface area contributed by atoms with Gasteiger partial charge in [-0.15, -0.1) is 0 Å². The van der Waals surface area contributed by atoms with Crippen molar-refractivity contribution in [2.75, 3.05) is 5.32 Å². The number of anilines is 1. The van der Waals surface area contributed by atoms with E-state index in [9.17, 15) is 9.59 Å². The van der Waals surface area contributed by atoms with Gasteiger partial charge in [-0.2, -0.15) is 0 Å². The Balaban J connectivity index is 1.71. The highest BCUT2D eigenvalue weighted by atomic mass is 16.2. The average molecular weight is 298 g/mol. The van der Waals surface area contributed by atoms with Crippen LogP contribution in [-0.4, -0.2) is 27.4 Å². The van der Waals surface area contributed by atoms with Gasteiger partial charge >= 0.3 is 0 Å². The van der Waals surface area contributed by atoms with Crippen molar-refractivity contribution in [1.82, 2.24) is 14.9 Å². The lowest BCUT2D eigenvalue weighted by Gasteiger charge is -2.26. The second-order valence-electron chi connectivity index (χ2n) is 6.05. The molecule has 1 aromatic heterocycles. The van der Waals surface area contributed by atoms with Crippen LogP contribution >= 0.6 is 0 Å². The first-order chi connectivity index (χ1) is 10.7. The van der Waals surface area contributed by atoms with Crippen molar-refractivity contribution in [2.45, 2.75) is 44.2 Å². The van der Waals surface area contributed by atoms with Crippen LogP contribution in [0.15, 0.2) is 24.3 Å². The number of rotatable bonds is 2. The first kappa shape index (κ1) is 13.3. The zero-order valence-electron chi connectivity index (χ0n) is 12.2. The van der Waals surface area contributed by atoms with E-state index in [2.05, 4.69) is 15.6 Å². The minimum Gasteiger partial charge on any atom is -0.352 e. The molecule has 1 aliphatic carbocycles. The van der Waals surface area contributed by atoms with Crippen molar-refractivity contribution in [3.63, 3.8) is 0 Å². The molecule has 0 saturated heterocycles. The van der Waals surface area contributed by atoms with Crippen LogP contribution in [0.2, 0.25) is 0 Å². The number of hydrogen-bond donors (Lipinski definition) is 2. The molecule has 1 atom stereocenters. The second kappa shape index (κ2) is 5.12. The number of carbonyl (C=O) groups is 2. The first-order valence-corrected chi connectivity index (χ1v) is 7.79. The van der Waals surface area contributed by atoms with Gasteiger partial charge in [0.1, 0.15) is 6.04 Å². The second-order valence-corrected chi connectivity index (χ2v) is 6.05. The van der Waals surface area contributed by atoms with Gasteiger partial charge in [-0.05, 0) is 25.0 Å². The molecule has 0 spiro atoms. The van der Waals surface area contributed by atoms with Gasteiger partial charge in [0.25, 0.3) is 0 Å². The molecule has 1 aromatic carbocycles. The molecule has 2 N–H and O–H groups in total. The van der Waals surface area contributed by atoms with E-state index < -0.39 is 6.04 Å². The van der Waals surface area contributed by atoms with Crippen molar-refractivity contribution in [3.8, 4) is 0 Å². The molecule has 2 aliphatic rings. The number of carbonyl (C=O) groups excluding carboxylic acids is 2. The monoisotopic (exact) mass is 298 g/mol. The Morgan fingerprint density at radius 3 is 2.86 bits per heavy atom. The fraction of sp³-hybridized carbons (Fsp3) is 0.438. The molecule has 1 aliphatic heterocycles. The highest BCUT2D eigenvalue weighted by Crippen LogP contribution is 2.30. The van der Waals surface area contributed by atoms with E-state index in [1.54, 1.807) is 0 Å². The Bertz CT molecular complexity index is 746. The van der Waals surface area contributed by atoms with Gasteiger partial charge in [0.2, 0.25) is 17.8 Å². The van der Waals surface area contributed by atoms with Crippen LogP contribution in [0.4, 0.5) is 5.95 Å². The molecule has 2 heterocycles. The minimum absolute atomic E-state index is 0.0776. The summed E-state index contributed by atoms with van der Waals surface area (Å²) in [5.74, 6) is 0.226. The summed E-state index contributed by atoms with van der Waals surface area (Å²) in [5, 5.41) is 5.86. The predicted octanol–water partition coefficient (Wildman–Crippen LogP) is 1.98. The Kier molecular flexibility index (Phi) is 3.10. The summed E-state index contributed by atoms with van der Waals surface area (Å²) in [6.07, 6.45) is 4.54. The molecule has 1 saturated carbocycles. The first-order valence-electron chi connectivity index (χ1n) is 7.79. The molecule has 1 fully saturated rings. The maximum absolute atomic E-state index is 12.7. The topological polar surface area (TPSA) is 76.0 Å². The largest absolute Gasteiger partial charge is 0.352 e. The van der Waals surface area contributed by atoms with Crippen LogP contribution in [-0.2, 0) is 9.59 Å². The summed E-state index contributed by atoms with van der Waals surface area (Å²) in [6, 6.07) is 7.36. The lowest BCUT2D eigenvalue weighted by Crippen LogP contribution is -2.42. The Morgan fingerprint density at radius 2 is 2.05 bits per heavy atom. The SMILES string of the molecule is O=C1CC(C(=O)NC2CCCC2)n2c(nc3ccccc32)N1. The van der Waals surface area contributed by atoms with Crippen LogP contribution in [0.25, 0.3) is 11.0 Å². The minimum atomic E-state index is -0.517.